The van der Waals surface area contributed by atoms with E-state index in [9.17, 15) is 4.79 Å². The molecular weight excluding hydrogens is 420 g/mol. The summed E-state index contributed by atoms with van der Waals surface area (Å²) in [6, 6.07) is 10.5. The Bertz CT molecular complexity index is 899. The molecule has 1 aromatic carbocycles. The van der Waals surface area contributed by atoms with Crippen molar-refractivity contribution >= 4 is 27.8 Å². The highest BCUT2D eigenvalue weighted by atomic mass is 79.9. The van der Waals surface area contributed by atoms with Gasteiger partial charge in [0.2, 0.25) is 5.95 Å². The minimum Gasteiger partial charge on any atom is -0.342 e. The van der Waals surface area contributed by atoms with Gasteiger partial charge in [0.05, 0.1) is 16.2 Å². The van der Waals surface area contributed by atoms with Gasteiger partial charge in [-0.15, -0.1) is 0 Å². The third kappa shape index (κ3) is 2.83. The van der Waals surface area contributed by atoms with Crippen molar-refractivity contribution in [2.75, 3.05) is 18.0 Å². The zero-order valence-electron chi connectivity index (χ0n) is 15.8. The second kappa shape index (κ2) is 6.81. The van der Waals surface area contributed by atoms with E-state index in [0.29, 0.717) is 12.8 Å². The van der Waals surface area contributed by atoms with Crippen molar-refractivity contribution in [3.63, 3.8) is 0 Å². The van der Waals surface area contributed by atoms with Crippen molar-refractivity contribution in [2.24, 2.45) is 0 Å². The van der Waals surface area contributed by atoms with Gasteiger partial charge in [0.1, 0.15) is 6.23 Å². The van der Waals surface area contributed by atoms with Gasteiger partial charge in [-0.3, -0.25) is 4.79 Å². The quantitative estimate of drug-likeness (QED) is 0.710. The lowest BCUT2D eigenvalue weighted by Crippen LogP contribution is -2.50. The average molecular weight is 443 g/mol. The van der Waals surface area contributed by atoms with Crippen LogP contribution in [0.3, 0.4) is 0 Å². The number of amides is 1. The van der Waals surface area contributed by atoms with Crippen LogP contribution in [0.15, 0.2) is 41.0 Å². The molecule has 6 nitrogen and oxygen atoms in total. The van der Waals surface area contributed by atoms with E-state index in [2.05, 4.69) is 42.9 Å². The molecule has 7 heteroatoms. The van der Waals surface area contributed by atoms with Crippen LogP contribution in [0.2, 0.25) is 0 Å². The lowest BCUT2D eigenvalue weighted by Gasteiger charge is -2.37. The highest BCUT2D eigenvalue weighted by Gasteiger charge is 2.58. The standard InChI is InChI=1S/C21H23BrN4O2/c1-14-16(22)13-23-20(24-14)25-11-9-21(10-12-25)19(27)26-17(7-8-18(26)28-21)15-5-3-2-4-6-15/h2-6,13,17-18H,7-12H2,1H3/t17-,18?/m0/s1. The van der Waals surface area contributed by atoms with E-state index in [1.165, 1.54) is 5.56 Å². The number of aromatic nitrogens is 2. The van der Waals surface area contributed by atoms with Crippen molar-refractivity contribution in [3.05, 3.63) is 52.3 Å². The van der Waals surface area contributed by atoms with E-state index in [0.717, 1.165) is 42.0 Å². The third-order valence-electron chi connectivity index (χ3n) is 6.26. The maximum absolute atomic E-state index is 13.4. The fraction of sp³-hybridized carbons (Fsp3) is 0.476. The summed E-state index contributed by atoms with van der Waals surface area (Å²) in [4.78, 5) is 26.6. The number of halogens is 1. The molecule has 3 saturated heterocycles. The van der Waals surface area contributed by atoms with Crippen molar-refractivity contribution < 1.29 is 9.53 Å². The van der Waals surface area contributed by atoms with E-state index >= 15 is 0 Å². The Hall–Kier alpha value is -1.99. The number of nitrogens with zero attached hydrogens (tertiary/aromatic N) is 4. The van der Waals surface area contributed by atoms with Gasteiger partial charge in [0, 0.05) is 32.1 Å². The molecule has 1 amide bonds. The minimum absolute atomic E-state index is 0.0876. The number of anilines is 1. The molecule has 3 fully saturated rings. The van der Waals surface area contributed by atoms with Gasteiger partial charge in [-0.1, -0.05) is 30.3 Å². The van der Waals surface area contributed by atoms with Crippen LogP contribution in [0, 0.1) is 6.92 Å². The smallest absolute Gasteiger partial charge is 0.257 e. The Morgan fingerprint density at radius 3 is 2.64 bits per heavy atom. The Morgan fingerprint density at radius 1 is 1.18 bits per heavy atom. The van der Waals surface area contributed by atoms with Gasteiger partial charge in [-0.25, -0.2) is 9.97 Å². The number of benzene rings is 1. The molecule has 28 heavy (non-hydrogen) atoms. The second-order valence-electron chi connectivity index (χ2n) is 7.87. The number of carbonyl (C=O) groups excluding carboxylic acids is 1. The van der Waals surface area contributed by atoms with Crippen LogP contribution in [-0.4, -0.2) is 45.7 Å². The number of rotatable bonds is 2. The Kier molecular flexibility index (Phi) is 4.39. The fourth-order valence-corrected chi connectivity index (χ4v) is 4.90. The molecule has 1 aromatic heterocycles. The van der Waals surface area contributed by atoms with Gasteiger partial charge in [-0.2, -0.15) is 0 Å². The number of piperidine rings is 1. The Morgan fingerprint density at radius 2 is 1.93 bits per heavy atom. The van der Waals surface area contributed by atoms with E-state index in [1.54, 1.807) is 6.20 Å². The summed E-state index contributed by atoms with van der Waals surface area (Å²) >= 11 is 3.45. The SMILES string of the molecule is Cc1nc(N2CCC3(CC2)OC2CC[C@@H](c4ccccc4)N2C3=O)ncc1Br. The zero-order valence-corrected chi connectivity index (χ0v) is 17.4. The number of carbonyl (C=O) groups is 1. The molecule has 5 rings (SSSR count). The van der Waals surface area contributed by atoms with E-state index in [-0.39, 0.29) is 18.2 Å². The molecule has 0 aliphatic carbocycles. The molecular formula is C21H23BrN4O2. The molecule has 0 radical (unpaired) electrons. The summed E-state index contributed by atoms with van der Waals surface area (Å²) in [5, 5.41) is 0. The molecule has 4 heterocycles. The van der Waals surface area contributed by atoms with Gasteiger partial charge in [0.15, 0.2) is 5.60 Å². The predicted molar refractivity (Wildman–Crippen MR) is 109 cm³/mol. The molecule has 1 spiro atoms. The molecule has 3 aliphatic heterocycles. The first-order chi connectivity index (χ1) is 13.6. The lowest BCUT2D eigenvalue weighted by atomic mass is 9.89. The van der Waals surface area contributed by atoms with Gasteiger partial charge in [-0.05, 0) is 41.3 Å². The normalized spacial score (nSPS) is 26.1. The van der Waals surface area contributed by atoms with E-state index < -0.39 is 5.60 Å². The van der Waals surface area contributed by atoms with Gasteiger partial charge >= 0.3 is 0 Å². The summed E-state index contributed by atoms with van der Waals surface area (Å²) in [5.74, 6) is 0.889. The van der Waals surface area contributed by atoms with Crippen LogP contribution in [0.1, 0.15) is 43.0 Å². The first-order valence-corrected chi connectivity index (χ1v) is 10.7. The zero-order chi connectivity index (χ0) is 19.3. The summed E-state index contributed by atoms with van der Waals surface area (Å²) in [6.07, 6.45) is 4.94. The first kappa shape index (κ1) is 18.1. The highest BCUT2D eigenvalue weighted by molar-refractivity contribution is 9.10. The fourth-order valence-electron chi connectivity index (χ4n) is 4.71. The molecule has 3 aliphatic rings. The Balaban J connectivity index is 1.33. The van der Waals surface area contributed by atoms with Crippen LogP contribution in [0.5, 0.6) is 0 Å². The van der Waals surface area contributed by atoms with Crippen molar-refractivity contribution in [2.45, 2.75) is 50.5 Å². The monoisotopic (exact) mass is 442 g/mol. The highest BCUT2D eigenvalue weighted by Crippen LogP contribution is 2.47. The third-order valence-corrected chi connectivity index (χ3v) is 7.04. The molecule has 0 saturated carbocycles. The average Bonchev–Trinajstić information content (AvgIpc) is 3.24. The molecule has 0 bridgehead atoms. The molecule has 2 atom stereocenters. The van der Waals surface area contributed by atoms with Crippen LogP contribution < -0.4 is 4.90 Å². The molecule has 2 aromatic rings. The molecule has 0 N–H and O–H groups in total. The number of fused-ring (bicyclic) bond motifs is 1. The van der Waals surface area contributed by atoms with E-state index in [4.69, 9.17) is 4.74 Å². The summed E-state index contributed by atoms with van der Waals surface area (Å²) < 4.78 is 7.32. The van der Waals surface area contributed by atoms with Gasteiger partial charge in [0.25, 0.3) is 5.91 Å². The summed E-state index contributed by atoms with van der Waals surface area (Å²) in [5.41, 5.74) is 1.44. The van der Waals surface area contributed by atoms with Crippen LogP contribution in [0.4, 0.5) is 5.95 Å². The number of hydrogen-bond donors (Lipinski definition) is 0. The lowest BCUT2D eigenvalue weighted by molar-refractivity contribution is -0.140. The topological polar surface area (TPSA) is 58.6 Å². The van der Waals surface area contributed by atoms with Crippen molar-refractivity contribution in [1.82, 2.24) is 14.9 Å². The summed E-state index contributed by atoms with van der Waals surface area (Å²) in [7, 11) is 0. The van der Waals surface area contributed by atoms with Crippen LogP contribution >= 0.6 is 15.9 Å². The number of ether oxygens (including phenoxy) is 1. The second-order valence-corrected chi connectivity index (χ2v) is 8.73. The Labute approximate surface area is 173 Å². The minimum atomic E-state index is -0.682. The maximum Gasteiger partial charge on any atom is 0.257 e. The van der Waals surface area contributed by atoms with Crippen molar-refractivity contribution in [3.8, 4) is 0 Å². The van der Waals surface area contributed by atoms with Gasteiger partial charge < -0.3 is 14.5 Å². The molecule has 146 valence electrons. The van der Waals surface area contributed by atoms with Crippen molar-refractivity contribution in [1.29, 1.82) is 0 Å². The first-order valence-electron chi connectivity index (χ1n) is 9.87. The maximum atomic E-state index is 13.4. The number of aryl methyl sites for hydroxylation is 1. The van der Waals surface area contributed by atoms with Crippen LogP contribution in [0.25, 0.3) is 0 Å². The largest absolute Gasteiger partial charge is 0.342 e. The predicted octanol–water partition coefficient (Wildman–Crippen LogP) is 3.61. The van der Waals surface area contributed by atoms with E-state index in [1.807, 2.05) is 30.0 Å². The van der Waals surface area contributed by atoms with Crippen LogP contribution in [-0.2, 0) is 9.53 Å². The number of hydrogen-bond acceptors (Lipinski definition) is 5. The summed E-state index contributed by atoms with van der Waals surface area (Å²) in [6.45, 7) is 3.41. The molecule has 1 unspecified atom stereocenters.